The molecule has 3 nitrogen and oxygen atoms in total. The van der Waals surface area contributed by atoms with Gasteiger partial charge in [-0.05, 0) is 32.4 Å². The lowest BCUT2D eigenvalue weighted by atomic mass is 10.1. The maximum atomic E-state index is 9.88. The van der Waals surface area contributed by atoms with Gasteiger partial charge in [0.25, 0.3) is 0 Å². The van der Waals surface area contributed by atoms with Crippen molar-refractivity contribution < 1.29 is 9.84 Å². The van der Waals surface area contributed by atoms with E-state index in [2.05, 4.69) is 4.90 Å². The summed E-state index contributed by atoms with van der Waals surface area (Å²) in [6, 6.07) is 0.407. The topological polar surface area (TPSA) is 36.0 Å². The first-order valence-electron chi connectivity index (χ1n) is 5.44. The first-order chi connectivity index (χ1) is 6.36. The van der Waals surface area contributed by atoms with Crippen LogP contribution in [0.5, 0.6) is 0 Å². The summed E-state index contributed by atoms with van der Waals surface area (Å²) in [6.45, 7) is 2.36. The number of fused-ring (bicyclic) bond motifs is 1. The zero-order valence-electron chi connectivity index (χ0n) is 7.85. The number of epoxide rings is 1. The van der Waals surface area contributed by atoms with Gasteiger partial charge in [0, 0.05) is 6.04 Å². The molecular weight excluding hydrogens is 166 g/mol. The van der Waals surface area contributed by atoms with Crippen molar-refractivity contribution in [3.63, 3.8) is 0 Å². The van der Waals surface area contributed by atoms with E-state index in [4.69, 9.17) is 4.74 Å². The van der Waals surface area contributed by atoms with Gasteiger partial charge in [0.05, 0.1) is 12.2 Å². The third kappa shape index (κ3) is 1.30. The zero-order chi connectivity index (χ0) is 8.84. The van der Waals surface area contributed by atoms with Gasteiger partial charge < -0.3 is 9.84 Å². The van der Waals surface area contributed by atoms with Crippen LogP contribution >= 0.6 is 0 Å². The van der Waals surface area contributed by atoms with E-state index in [1.165, 1.54) is 32.4 Å². The minimum atomic E-state index is -0.205. The van der Waals surface area contributed by atoms with Gasteiger partial charge in [0.2, 0.25) is 0 Å². The quantitative estimate of drug-likeness (QED) is 0.597. The molecule has 0 amide bonds. The van der Waals surface area contributed by atoms with Crippen LogP contribution < -0.4 is 0 Å². The minimum Gasteiger partial charge on any atom is -0.389 e. The fourth-order valence-corrected chi connectivity index (χ4v) is 2.86. The monoisotopic (exact) mass is 183 g/mol. The number of hydrogen-bond donors (Lipinski definition) is 1. The lowest BCUT2D eigenvalue weighted by Crippen LogP contribution is -2.45. The van der Waals surface area contributed by atoms with Gasteiger partial charge in [-0.15, -0.1) is 0 Å². The van der Waals surface area contributed by atoms with Gasteiger partial charge >= 0.3 is 0 Å². The highest BCUT2D eigenvalue weighted by Gasteiger charge is 2.56. The molecule has 3 heteroatoms. The lowest BCUT2D eigenvalue weighted by molar-refractivity contribution is 0.0170. The van der Waals surface area contributed by atoms with Crippen LogP contribution in [0.4, 0.5) is 0 Å². The number of likely N-dealkylation sites (tertiary alicyclic amines) is 1. The maximum absolute atomic E-state index is 9.88. The van der Waals surface area contributed by atoms with Crippen LogP contribution in [0.3, 0.4) is 0 Å². The number of nitrogens with zero attached hydrogens (tertiary/aromatic N) is 1. The Balaban J connectivity index is 1.64. The van der Waals surface area contributed by atoms with Crippen molar-refractivity contribution in [2.75, 3.05) is 13.1 Å². The normalized spacial score (nSPS) is 50.5. The number of aliphatic hydroxyl groups excluding tert-OH is 1. The first-order valence-corrected chi connectivity index (χ1v) is 5.44. The molecule has 3 rings (SSSR count). The summed E-state index contributed by atoms with van der Waals surface area (Å²) in [6.07, 6.45) is 5.41. The SMILES string of the molecule is O[C@@H]1[C@H]2O[C@H]2C[C@H]1N1CCCCC1. The molecule has 2 aliphatic heterocycles. The average Bonchev–Trinajstić information content (AvgIpc) is 2.88. The average molecular weight is 183 g/mol. The van der Waals surface area contributed by atoms with Gasteiger partial charge in [-0.25, -0.2) is 0 Å². The van der Waals surface area contributed by atoms with Crippen molar-refractivity contribution in [1.82, 2.24) is 4.90 Å². The van der Waals surface area contributed by atoms with Crippen LogP contribution in [0.2, 0.25) is 0 Å². The highest BCUT2D eigenvalue weighted by molar-refractivity contribution is 5.06. The fourth-order valence-electron chi connectivity index (χ4n) is 2.86. The molecule has 1 saturated carbocycles. The number of ether oxygens (including phenoxy) is 1. The smallest absolute Gasteiger partial charge is 0.112 e. The maximum Gasteiger partial charge on any atom is 0.112 e. The Kier molecular flexibility index (Phi) is 1.86. The van der Waals surface area contributed by atoms with Crippen LogP contribution in [0.25, 0.3) is 0 Å². The summed E-state index contributed by atoms with van der Waals surface area (Å²) in [4.78, 5) is 2.46. The van der Waals surface area contributed by atoms with Crippen molar-refractivity contribution >= 4 is 0 Å². The zero-order valence-corrected chi connectivity index (χ0v) is 7.85. The number of hydrogen-bond acceptors (Lipinski definition) is 3. The third-order valence-electron chi connectivity index (χ3n) is 3.69. The summed E-state index contributed by atoms with van der Waals surface area (Å²) in [5.41, 5.74) is 0. The van der Waals surface area contributed by atoms with E-state index in [-0.39, 0.29) is 12.2 Å². The summed E-state index contributed by atoms with van der Waals surface area (Å²) < 4.78 is 5.31. The van der Waals surface area contributed by atoms with E-state index in [0.717, 1.165) is 6.42 Å². The van der Waals surface area contributed by atoms with Gasteiger partial charge in [0.15, 0.2) is 0 Å². The molecule has 0 aromatic heterocycles. The fraction of sp³-hybridized carbons (Fsp3) is 1.00. The van der Waals surface area contributed by atoms with Gasteiger partial charge in [0.1, 0.15) is 6.10 Å². The van der Waals surface area contributed by atoms with E-state index >= 15 is 0 Å². The predicted octanol–water partition coefficient (Wildman–Crippen LogP) is 0.373. The second-order valence-electron chi connectivity index (χ2n) is 4.53. The molecule has 13 heavy (non-hydrogen) atoms. The van der Waals surface area contributed by atoms with E-state index < -0.39 is 0 Å². The molecule has 74 valence electrons. The van der Waals surface area contributed by atoms with Crippen LogP contribution in [-0.4, -0.2) is 47.4 Å². The summed E-state index contributed by atoms with van der Waals surface area (Å²) in [7, 11) is 0. The molecular formula is C10H17NO2. The van der Waals surface area contributed by atoms with Crippen LogP contribution in [0.15, 0.2) is 0 Å². The van der Waals surface area contributed by atoms with Crippen molar-refractivity contribution in [2.45, 2.75) is 50.0 Å². The van der Waals surface area contributed by atoms with Crippen LogP contribution in [-0.2, 0) is 4.74 Å². The second-order valence-corrected chi connectivity index (χ2v) is 4.53. The Labute approximate surface area is 78.7 Å². The predicted molar refractivity (Wildman–Crippen MR) is 48.5 cm³/mol. The van der Waals surface area contributed by atoms with E-state index in [9.17, 15) is 5.11 Å². The van der Waals surface area contributed by atoms with E-state index in [1.54, 1.807) is 0 Å². The number of rotatable bonds is 1. The Bertz CT molecular complexity index is 203. The van der Waals surface area contributed by atoms with E-state index in [0.29, 0.717) is 12.1 Å². The van der Waals surface area contributed by atoms with Crippen molar-refractivity contribution in [2.24, 2.45) is 0 Å². The Morgan fingerprint density at radius 3 is 2.54 bits per heavy atom. The number of aliphatic hydroxyl groups is 1. The molecule has 3 aliphatic rings. The van der Waals surface area contributed by atoms with Crippen LogP contribution in [0.1, 0.15) is 25.7 Å². The molecule has 0 radical (unpaired) electrons. The van der Waals surface area contributed by atoms with Crippen molar-refractivity contribution in [1.29, 1.82) is 0 Å². The highest BCUT2D eigenvalue weighted by atomic mass is 16.6. The molecule has 3 fully saturated rings. The van der Waals surface area contributed by atoms with Crippen molar-refractivity contribution in [3.05, 3.63) is 0 Å². The molecule has 0 aromatic carbocycles. The largest absolute Gasteiger partial charge is 0.389 e. The van der Waals surface area contributed by atoms with Crippen LogP contribution in [0, 0.1) is 0 Å². The molecule has 0 aromatic rings. The van der Waals surface area contributed by atoms with Crippen molar-refractivity contribution in [3.8, 4) is 0 Å². The van der Waals surface area contributed by atoms with Gasteiger partial charge in [-0.1, -0.05) is 6.42 Å². The highest BCUT2D eigenvalue weighted by Crippen LogP contribution is 2.41. The summed E-state index contributed by atoms with van der Waals surface area (Å²) in [5, 5.41) is 9.88. The molecule has 2 saturated heterocycles. The molecule has 4 atom stereocenters. The first kappa shape index (κ1) is 8.21. The molecule has 0 bridgehead atoms. The summed E-state index contributed by atoms with van der Waals surface area (Å²) >= 11 is 0. The molecule has 2 heterocycles. The minimum absolute atomic E-state index is 0.187. The molecule has 1 aliphatic carbocycles. The molecule has 0 spiro atoms. The third-order valence-corrected chi connectivity index (χ3v) is 3.69. The van der Waals surface area contributed by atoms with Gasteiger partial charge in [-0.2, -0.15) is 0 Å². The lowest BCUT2D eigenvalue weighted by Gasteiger charge is -2.34. The Morgan fingerprint density at radius 2 is 1.92 bits per heavy atom. The molecule has 1 N–H and O–H groups in total. The Hall–Kier alpha value is -0.120. The Morgan fingerprint density at radius 1 is 1.15 bits per heavy atom. The number of piperidine rings is 1. The molecule has 0 unspecified atom stereocenters. The van der Waals surface area contributed by atoms with Gasteiger partial charge in [-0.3, -0.25) is 4.90 Å². The summed E-state index contributed by atoms with van der Waals surface area (Å²) in [5.74, 6) is 0. The second kappa shape index (κ2) is 2.94. The van der Waals surface area contributed by atoms with E-state index in [1.807, 2.05) is 0 Å². The standard InChI is InChI=1S/C10H17NO2/c12-9-7(6-8-10(9)13-8)11-4-2-1-3-5-11/h7-10,12H,1-6H2/t7-,8+,9+,10+/m1/s1.